The number of halogens is 1. The highest BCUT2D eigenvalue weighted by Gasteiger charge is 2.19. The molecule has 0 aliphatic rings. The molecule has 0 aliphatic heterocycles. The van der Waals surface area contributed by atoms with Crippen LogP contribution in [0.2, 0.25) is 0 Å². The molecule has 4 aromatic rings. The number of ether oxygens (including phenoxy) is 1. The molecule has 2 aromatic heterocycles. The normalized spacial score (nSPS) is 11.0. The number of fused-ring (bicyclic) bond motifs is 1. The van der Waals surface area contributed by atoms with Gasteiger partial charge in [-0.1, -0.05) is 46.3 Å². The van der Waals surface area contributed by atoms with Crippen LogP contribution in [0.1, 0.15) is 21.8 Å². The summed E-state index contributed by atoms with van der Waals surface area (Å²) in [6, 6.07) is 15.6. The van der Waals surface area contributed by atoms with Crippen LogP contribution >= 0.6 is 27.3 Å². The highest BCUT2D eigenvalue weighted by Crippen LogP contribution is 2.29. The first-order valence-corrected chi connectivity index (χ1v) is 9.64. The quantitative estimate of drug-likeness (QED) is 0.375. The van der Waals surface area contributed by atoms with E-state index in [4.69, 9.17) is 9.15 Å². The fourth-order valence-corrected chi connectivity index (χ4v) is 3.85. The van der Waals surface area contributed by atoms with E-state index in [1.807, 2.05) is 60.8 Å². The first-order valence-electron chi connectivity index (χ1n) is 7.97. The van der Waals surface area contributed by atoms with Gasteiger partial charge in [-0.25, -0.2) is 9.78 Å². The molecule has 0 saturated heterocycles. The fourth-order valence-electron chi connectivity index (χ4n) is 2.68. The van der Waals surface area contributed by atoms with Crippen molar-refractivity contribution in [2.24, 2.45) is 0 Å². The molecule has 4 rings (SSSR count). The number of aryl methyl sites for hydroxylation is 1. The molecular formula is C20H14BrNO3S. The highest BCUT2D eigenvalue weighted by atomic mass is 79.9. The number of carbonyl (C=O) groups is 1. The van der Waals surface area contributed by atoms with Gasteiger partial charge in [-0.2, -0.15) is 0 Å². The molecule has 0 atom stereocenters. The topological polar surface area (TPSA) is 52.3 Å². The highest BCUT2D eigenvalue weighted by molar-refractivity contribution is 9.10. The third kappa shape index (κ3) is 3.30. The van der Waals surface area contributed by atoms with E-state index in [2.05, 4.69) is 20.9 Å². The van der Waals surface area contributed by atoms with E-state index in [1.165, 1.54) is 11.3 Å². The van der Waals surface area contributed by atoms with Gasteiger partial charge in [-0.15, -0.1) is 11.3 Å². The van der Waals surface area contributed by atoms with E-state index < -0.39 is 5.97 Å². The molecule has 0 spiro atoms. The van der Waals surface area contributed by atoms with Crippen molar-refractivity contribution in [1.29, 1.82) is 0 Å². The Balaban J connectivity index is 1.49. The molecule has 26 heavy (non-hydrogen) atoms. The Hall–Kier alpha value is -2.44. The third-order valence-electron chi connectivity index (χ3n) is 4.01. The van der Waals surface area contributed by atoms with E-state index in [0.29, 0.717) is 5.58 Å². The molecule has 4 nitrogen and oxygen atoms in total. The maximum atomic E-state index is 12.4. The minimum atomic E-state index is -0.482. The van der Waals surface area contributed by atoms with Crippen molar-refractivity contribution in [2.75, 3.05) is 0 Å². The van der Waals surface area contributed by atoms with Crippen molar-refractivity contribution >= 4 is 44.2 Å². The first kappa shape index (κ1) is 17.0. The fraction of sp³-hybridized carbons (Fsp3) is 0.100. The SMILES string of the molecule is Cc1c(C(=O)OCc2csc(-c3ccccc3)n2)oc2ccc(Br)cc12. The number of hydrogen-bond donors (Lipinski definition) is 0. The molecule has 0 amide bonds. The smallest absolute Gasteiger partial charge is 0.374 e. The van der Waals surface area contributed by atoms with Gasteiger partial charge in [0.05, 0.1) is 5.69 Å². The summed E-state index contributed by atoms with van der Waals surface area (Å²) in [4.78, 5) is 16.9. The number of aromatic nitrogens is 1. The van der Waals surface area contributed by atoms with Crippen molar-refractivity contribution in [3.63, 3.8) is 0 Å². The van der Waals surface area contributed by atoms with Gasteiger partial charge in [0.2, 0.25) is 5.76 Å². The van der Waals surface area contributed by atoms with Crippen LogP contribution in [0.3, 0.4) is 0 Å². The lowest BCUT2D eigenvalue weighted by Crippen LogP contribution is -2.05. The Labute approximate surface area is 162 Å². The predicted octanol–water partition coefficient (Wildman–Crippen LogP) is 5.98. The minimum absolute atomic E-state index is 0.113. The number of esters is 1. The monoisotopic (exact) mass is 427 g/mol. The molecule has 0 unspecified atom stereocenters. The van der Waals surface area contributed by atoms with Gasteiger partial charge in [0, 0.05) is 26.4 Å². The zero-order chi connectivity index (χ0) is 18.1. The standard InChI is InChI=1S/C20H14BrNO3S/c1-12-16-9-14(21)7-8-17(16)25-18(12)20(23)24-10-15-11-26-19(22-15)13-5-3-2-4-6-13/h2-9,11H,10H2,1H3. The van der Waals surface area contributed by atoms with Gasteiger partial charge >= 0.3 is 5.97 Å². The van der Waals surface area contributed by atoms with Gasteiger partial charge < -0.3 is 9.15 Å². The second kappa shape index (κ2) is 7.05. The van der Waals surface area contributed by atoms with Crippen molar-refractivity contribution < 1.29 is 13.9 Å². The Kier molecular flexibility index (Phi) is 4.61. The number of thiazole rings is 1. The van der Waals surface area contributed by atoms with Crippen LogP contribution in [-0.4, -0.2) is 11.0 Å². The number of nitrogens with zero attached hydrogens (tertiary/aromatic N) is 1. The van der Waals surface area contributed by atoms with Gasteiger partial charge in [0.1, 0.15) is 17.2 Å². The van der Waals surface area contributed by atoms with Crippen LogP contribution in [-0.2, 0) is 11.3 Å². The van der Waals surface area contributed by atoms with Gasteiger partial charge in [0.15, 0.2) is 0 Å². The number of carbonyl (C=O) groups excluding carboxylic acids is 1. The molecular weight excluding hydrogens is 414 g/mol. The molecule has 2 heterocycles. The largest absolute Gasteiger partial charge is 0.453 e. The van der Waals surface area contributed by atoms with Crippen molar-refractivity contribution in [1.82, 2.24) is 4.98 Å². The summed E-state index contributed by atoms with van der Waals surface area (Å²) in [7, 11) is 0. The van der Waals surface area contributed by atoms with Crippen LogP contribution in [0.5, 0.6) is 0 Å². The average Bonchev–Trinajstić information content (AvgIpc) is 3.26. The third-order valence-corrected chi connectivity index (χ3v) is 5.44. The van der Waals surface area contributed by atoms with E-state index in [-0.39, 0.29) is 12.4 Å². The molecule has 0 fully saturated rings. The van der Waals surface area contributed by atoms with Crippen LogP contribution in [0.25, 0.3) is 21.5 Å². The molecule has 130 valence electrons. The number of hydrogen-bond acceptors (Lipinski definition) is 5. The summed E-state index contributed by atoms with van der Waals surface area (Å²) in [5.74, 6) is -0.249. The molecule has 0 bridgehead atoms. The number of rotatable bonds is 4. The summed E-state index contributed by atoms with van der Waals surface area (Å²) >= 11 is 4.96. The van der Waals surface area contributed by atoms with Crippen LogP contribution in [0, 0.1) is 6.92 Å². The Morgan fingerprint density at radius 3 is 2.85 bits per heavy atom. The van der Waals surface area contributed by atoms with E-state index in [9.17, 15) is 4.79 Å². The second-order valence-electron chi connectivity index (χ2n) is 5.78. The minimum Gasteiger partial charge on any atom is -0.453 e. The Bertz CT molecular complexity index is 1090. The van der Waals surface area contributed by atoms with Crippen molar-refractivity contribution in [3.05, 3.63) is 75.4 Å². The summed E-state index contributed by atoms with van der Waals surface area (Å²) in [6.45, 7) is 1.97. The average molecular weight is 428 g/mol. The molecule has 2 aromatic carbocycles. The van der Waals surface area contributed by atoms with E-state index in [1.54, 1.807) is 0 Å². The van der Waals surface area contributed by atoms with Crippen molar-refractivity contribution in [2.45, 2.75) is 13.5 Å². The molecule has 6 heteroatoms. The zero-order valence-electron chi connectivity index (χ0n) is 13.9. The summed E-state index contributed by atoms with van der Waals surface area (Å²) < 4.78 is 12.0. The summed E-state index contributed by atoms with van der Waals surface area (Å²) in [6.07, 6.45) is 0. The van der Waals surface area contributed by atoms with E-state index in [0.717, 1.165) is 31.7 Å². The van der Waals surface area contributed by atoms with Gasteiger partial charge in [-0.05, 0) is 25.1 Å². The lowest BCUT2D eigenvalue weighted by atomic mass is 10.1. The van der Waals surface area contributed by atoms with Crippen LogP contribution < -0.4 is 0 Å². The van der Waals surface area contributed by atoms with Crippen LogP contribution in [0.4, 0.5) is 0 Å². The Morgan fingerprint density at radius 2 is 2.04 bits per heavy atom. The zero-order valence-corrected chi connectivity index (χ0v) is 16.3. The van der Waals surface area contributed by atoms with Crippen molar-refractivity contribution in [3.8, 4) is 10.6 Å². The lowest BCUT2D eigenvalue weighted by Gasteiger charge is -2.01. The predicted molar refractivity (Wildman–Crippen MR) is 105 cm³/mol. The maximum absolute atomic E-state index is 12.4. The van der Waals surface area contributed by atoms with Gasteiger partial charge in [-0.3, -0.25) is 0 Å². The molecule has 0 saturated carbocycles. The lowest BCUT2D eigenvalue weighted by molar-refractivity contribution is 0.0433. The van der Waals surface area contributed by atoms with Crippen LogP contribution in [0.15, 0.2) is 62.8 Å². The molecule has 0 N–H and O–H groups in total. The summed E-state index contributed by atoms with van der Waals surface area (Å²) in [5.41, 5.74) is 3.21. The number of benzene rings is 2. The van der Waals surface area contributed by atoms with Gasteiger partial charge in [0.25, 0.3) is 0 Å². The number of furan rings is 1. The van der Waals surface area contributed by atoms with E-state index >= 15 is 0 Å². The first-order chi connectivity index (χ1) is 12.6. The molecule has 0 radical (unpaired) electrons. The summed E-state index contributed by atoms with van der Waals surface area (Å²) in [5, 5.41) is 3.70. The Morgan fingerprint density at radius 1 is 1.23 bits per heavy atom. The second-order valence-corrected chi connectivity index (χ2v) is 7.56. The molecule has 0 aliphatic carbocycles. The maximum Gasteiger partial charge on any atom is 0.374 e.